The third-order valence-corrected chi connectivity index (χ3v) is 1.40. The van der Waals surface area contributed by atoms with Gasteiger partial charge in [0.1, 0.15) is 17.7 Å². The molecule has 2 aromatic rings. The van der Waals surface area contributed by atoms with Gasteiger partial charge in [-0.1, -0.05) is 0 Å². The Kier molecular flexibility index (Phi) is 1.25. The van der Waals surface area contributed by atoms with Crippen LogP contribution in [0.25, 0.3) is 11.4 Å². The van der Waals surface area contributed by atoms with Crippen molar-refractivity contribution >= 4 is 0 Å². The van der Waals surface area contributed by atoms with Gasteiger partial charge in [-0.25, -0.2) is 9.97 Å². The molecule has 0 aliphatic rings. The number of hydrogen-bond donors (Lipinski definition) is 2. The van der Waals surface area contributed by atoms with Crippen LogP contribution in [0.3, 0.4) is 0 Å². The summed E-state index contributed by atoms with van der Waals surface area (Å²) in [4.78, 5) is 13.9. The lowest BCUT2D eigenvalue weighted by Crippen LogP contribution is -1.76. The second kappa shape index (κ2) is 2.23. The SMILES string of the molecule is Cc1n[c]c(-c2c[nH]cn2)[nH]1. The lowest BCUT2D eigenvalue weighted by molar-refractivity contribution is 1.15. The zero-order valence-corrected chi connectivity index (χ0v) is 6.05. The van der Waals surface area contributed by atoms with Crippen molar-refractivity contribution < 1.29 is 0 Å². The topological polar surface area (TPSA) is 57.4 Å². The highest BCUT2D eigenvalue weighted by atomic mass is 14.9. The molecule has 55 valence electrons. The van der Waals surface area contributed by atoms with Crippen molar-refractivity contribution in [2.45, 2.75) is 6.92 Å². The molecule has 1 radical (unpaired) electrons. The standard InChI is InChI=1S/C7H7N4/c1-5-9-3-7(11-5)6-2-8-4-10-6/h2,4H,1H3,(H,8,10)(H,9,11). The minimum atomic E-state index is 0.823. The normalized spacial score (nSPS) is 10.3. The van der Waals surface area contributed by atoms with Crippen molar-refractivity contribution in [2.24, 2.45) is 0 Å². The first-order valence-corrected chi connectivity index (χ1v) is 3.30. The van der Waals surface area contributed by atoms with Crippen molar-refractivity contribution in [3.63, 3.8) is 0 Å². The number of aromatic nitrogens is 4. The van der Waals surface area contributed by atoms with Crippen LogP contribution >= 0.6 is 0 Å². The van der Waals surface area contributed by atoms with Gasteiger partial charge in [-0.2, -0.15) is 0 Å². The Morgan fingerprint density at radius 1 is 1.55 bits per heavy atom. The Hall–Kier alpha value is -1.58. The van der Waals surface area contributed by atoms with Gasteiger partial charge in [0.15, 0.2) is 0 Å². The van der Waals surface area contributed by atoms with E-state index in [1.54, 1.807) is 12.5 Å². The highest BCUT2D eigenvalue weighted by molar-refractivity contribution is 5.50. The maximum absolute atomic E-state index is 4.04. The van der Waals surface area contributed by atoms with Crippen LogP contribution in [0.1, 0.15) is 5.82 Å². The lowest BCUT2D eigenvalue weighted by atomic mass is 10.4. The van der Waals surface area contributed by atoms with Gasteiger partial charge < -0.3 is 9.97 Å². The van der Waals surface area contributed by atoms with E-state index in [9.17, 15) is 0 Å². The summed E-state index contributed by atoms with van der Waals surface area (Å²) in [6.45, 7) is 1.88. The molecule has 0 unspecified atom stereocenters. The molecule has 0 aromatic carbocycles. The van der Waals surface area contributed by atoms with Gasteiger partial charge >= 0.3 is 0 Å². The summed E-state index contributed by atoms with van der Waals surface area (Å²) in [6.07, 6.45) is 6.24. The van der Waals surface area contributed by atoms with E-state index >= 15 is 0 Å². The largest absolute Gasteiger partial charge is 0.351 e. The van der Waals surface area contributed by atoms with Crippen LogP contribution in [0.2, 0.25) is 0 Å². The van der Waals surface area contributed by atoms with Crippen LogP contribution in [0.15, 0.2) is 12.5 Å². The molecule has 4 heteroatoms. The molecule has 0 amide bonds. The quantitative estimate of drug-likeness (QED) is 0.629. The molecule has 0 aliphatic heterocycles. The first-order valence-electron chi connectivity index (χ1n) is 3.30. The zero-order chi connectivity index (χ0) is 7.68. The second-order valence-electron chi connectivity index (χ2n) is 2.26. The smallest absolute Gasteiger partial charge is 0.119 e. The molecule has 4 nitrogen and oxygen atoms in total. The van der Waals surface area contributed by atoms with Gasteiger partial charge in [-0.15, -0.1) is 0 Å². The molecule has 0 fully saturated rings. The van der Waals surface area contributed by atoms with Gasteiger partial charge in [0, 0.05) is 6.20 Å². The van der Waals surface area contributed by atoms with Gasteiger partial charge in [-0.05, 0) is 6.92 Å². The van der Waals surface area contributed by atoms with E-state index in [0.29, 0.717) is 0 Å². The highest BCUT2D eigenvalue weighted by Crippen LogP contribution is 2.10. The molecule has 0 bridgehead atoms. The van der Waals surface area contributed by atoms with Crippen molar-refractivity contribution in [3.05, 3.63) is 24.5 Å². The number of nitrogens with zero attached hydrogens (tertiary/aromatic N) is 2. The molecule has 11 heavy (non-hydrogen) atoms. The monoisotopic (exact) mass is 147 g/mol. The predicted octanol–water partition coefficient (Wildman–Crippen LogP) is 0.908. The first-order chi connectivity index (χ1) is 5.36. The number of aromatic amines is 2. The molecular formula is C7H7N4. The fourth-order valence-electron chi connectivity index (χ4n) is 0.895. The van der Waals surface area contributed by atoms with E-state index in [2.05, 4.69) is 26.1 Å². The van der Waals surface area contributed by atoms with Crippen molar-refractivity contribution in [2.75, 3.05) is 0 Å². The maximum atomic E-state index is 4.04. The summed E-state index contributed by atoms with van der Waals surface area (Å²) in [6, 6.07) is 0. The fourth-order valence-corrected chi connectivity index (χ4v) is 0.895. The fraction of sp³-hybridized carbons (Fsp3) is 0.143. The Bertz CT molecular complexity index is 333. The van der Waals surface area contributed by atoms with Crippen molar-refractivity contribution in [1.29, 1.82) is 0 Å². The highest BCUT2D eigenvalue weighted by Gasteiger charge is 2.01. The van der Waals surface area contributed by atoms with E-state index < -0.39 is 0 Å². The number of aryl methyl sites for hydroxylation is 1. The summed E-state index contributed by atoms with van der Waals surface area (Å²) < 4.78 is 0. The third-order valence-electron chi connectivity index (χ3n) is 1.40. The van der Waals surface area contributed by atoms with Gasteiger partial charge in [0.2, 0.25) is 0 Å². The molecule has 2 heterocycles. The molecule has 2 aromatic heterocycles. The van der Waals surface area contributed by atoms with Crippen LogP contribution in [0.5, 0.6) is 0 Å². The van der Waals surface area contributed by atoms with E-state index in [4.69, 9.17) is 0 Å². The Labute approximate surface area is 63.7 Å². The first kappa shape index (κ1) is 6.15. The number of hydrogen-bond acceptors (Lipinski definition) is 2. The molecule has 0 saturated carbocycles. The minimum Gasteiger partial charge on any atom is -0.351 e. The Morgan fingerprint density at radius 3 is 3.00 bits per heavy atom. The Balaban J connectivity index is 2.45. The van der Waals surface area contributed by atoms with Crippen molar-refractivity contribution in [1.82, 2.24) is 19.9 Å². The van der Waals surface area contributed by atoms with Gasteiger partial charge in [0.25, 0.3) is 0 Å². The van der Waals surface area contributed by atoms with Gasteiger partial charge in [0.05, 0.1) is 12.0 Å². The number of rotatable bonds is 1. The molecule has 2 N–H and O–H groups in total. The molecule has 0 saturated heterocycles. The van der Waals surface area contributed by atoms with Crippen LogP contribution in [-0.4, -0.2) is 19.9 Å². The average Bonchev–Trinajstić information content (AvgIpc) is 2.55. The average molecular weight is 147 g/mol. The predicted molar refractivity (Wildman–Crippen MR) is 39.7 cm³/mol. The molecule has 0 aliphatic carbocycles. The van der Waals surface area contributed by atoms with E-state index in [0.717, 1.165) is 17.2 Å². The van der Waals surface area contributed by atoms with E-state index in [-0.39, 0.29) is 0 Å². The summed E-state index contributed by atoms with van der Waals surface area (Å²) in [5.41, 5.74) is 1.66. The molecule has 0 spiro atoms. The van der Waals surface area contributed by atoms with E-state index in [1.807, 2.05) is 6.92 Å². The Morgan fingerprint density at radius 2 is 2.45 bits per heavy atom. The van der Waals surface area contributed by atoms with E-state index in [1.165, 1.54) is 0 Å². The van der Waals surface area contributed by atoms with Crippen molar-refractivity contribution in [3.8, 4) is 11.4 Å². The third kappa shape index (κ3) is 1.02. The minimum absolute atomic E-state index is 0.823. The second-order valence-corrected chi connectivity index (χ2v) is 2.26. The lowest BCUT2D eigenvalue weighted by Gasteiger charge is -1.85. The van der Waals surface area contributed by atoms with Crippen LogP contribution in [0, 0.1) is 13.1 Å². The molecular weight excluding hydrogens is 140 g/mol. The number of nitrogens with one attached hydrogen (secondary N) is 2. The molecule has 2 rings (SSSR count). The summed E-state index contributed by atoms with van der Waals surface area (Å²) in [5, 5.41) is 0. The number of imidazole rings is 2. The molecule has 0 atom stereocenters. The number of H-pyrrole nitrogens is 2. The summed E-state index contributed by atoms with van der Waals surface area (Å²) in [7, 11) is 0. The summed E-state index contributed by atoms with van der Waals surface area (Å²) >= 11 is 0. The van der Waals surface area contributed by atoms with Crippen LogP contribution < -0.4 is 0 Å². The maximum Gasteiger partial charge on any atom is 0.119 e. The van der Waals surface area contributed by atoms with Crippen LogP contribution in [-0.2, 0) is 0 Å². The summed E-state index contributed by atoms with van der Waals surface area (Å²) in [5.74, 6) is 0.850. The van der Waals surface area contributed by atoms with Gasteiger partial charge in [-0.3, -0.25) is 0 Å². The van der Waals surface area contributed by atoms with Crippen LogP contribution in [0.4, 0.5) is 0 Å². The zero-order valence-electron chi connectivity index (χ0n) is 6.05.